The SMILES string of the molecule is Cl.Nc1ncc(CN2CCCC3(CCOCC3)C2)s1. The molecule has 2 aliphatic heterocycles. The van der Waals surface area contributed by atoms with Crippen molar-refractivity contribution >= 4 is 28.9 Å². The lowest BCUT2D eigenvalue weighted by Gasteiger charge is -2.45. The highest BCUT2D eigenvalue weighted by Gasteiger charge is 2.36. The quantitative estimate of drug-likeness (QED) is 0.912. The number of hydrogen-bond donors (Lipinski definition) is 1. The van der Waals surface area contributed by atoms with Crippen LogP contribution in [0.25, 0.3) is 0 Å². The summed E-state index contributed by atoms with van der Waals surface area (Å²) >= 11 is 1.62. The summed E-state index contributed by atoms with van der Waals surface area (Å²) in [5.41, 5.74) is 6.21. The summed E-state index contributed by atoms with van der Waals surface area (Å²) in [7, 11) is 0. The maximum atomic E-state index is 5.69. The van der Waals surface area contributed by atoms with Gasteiger partial charge in [0.2, 0.25) is 0 Å². The highest BCUT2D eigenvalue weighted by atomic mass is 35.5. The molecule has 108 valence electrons. The lowest BCUT2D eigenvalue weighted by atomic mass is 9.74. The van der Waals surface area contributed by atoms with Crippen LogP contribution >= 0.6 is 23.7 Å². The third kappa shape index (κ3) is 3.60. The van der Waals surface area contributed by atoms with E-state index in [2.05, 4.69) is 9.88 Å². The third-order valence-corrected chi connectivity index (χ3v) is 5.06. The number of anilines is 1. The number of rotatable bonds is 2. The maximum absolute atomic E-state index is 5.69. The molecule has 0 aliphatic carbocycles. The molecule has 0 amide bonds. The average molecular weight is 304 g/mol. The average Bonchev–Trinajstić information content (AvgIpc) is 2.76. The second-order valence-corrected chi connectivity index (χ2v) is 6.74. The van der Waals surface area contributed by atoms with Gasteiger partial charge in [0.05, 0.1) is 0 Å². The second-order valence-electron chi connectivity index (χ2n) is 5.59. The fourth-order valence-corrected chi connectivity index (χ4v) is 4.00. The smallest absolute Gasteiger partial charge is 0.180 e. The minimum atomic E-state index is 0. The van der Waals surface area contributed by atoms with Crippen molar-refractivity contribution in [1.29, 1.82) is 0 Å². The molecular formula is C13H22ClN3OS. The number of ether oxygens (including phenoxy) is 1. The van der Waals surface area contributed by atoms with Gasteiger partial charge in [-0.3, -0.25) is 4.90 Å². The molecule has 2 N–H and O–H groups in total. The Balaban J connectivity index is 0.00000133. The van der Waals surface area contributed by atoms with E-state index in [-0.39, 0.29) is 12.4 Å². The van der Waals surface area contributed by atoms with Gasteiger partial charge in [-0.05, 0) is 37.6 Å². The van der Waals surface area contributed by atoms with Crippen LogP contribution in [0.3, 0.4) is 0 Å². The van der Waals surface area contributed by atoms with Crippen LogP contribution in [0, 0.1) is 5.41 Å². The van der Waals surface area contributed by atoms with Crippen LogP contribution in [0.2, 0.25) is 0 Å². The van der Waals surface area contributed by atoms with E-state index in [0.717, 1.165) is 19.8 Å². The molecular weight excluding hydrogens is 282 g/mol. The van der Waals surface area contributed by atoms with Gasteiger partial charge in [0.15, 0.2) is 5.13 Å². The molecule has 6 heteroatoms. The molecule has 3 rings (SSSR count). The van der Waals surface area contributed by atoms with Gasteiger partial charge in [0.25, 0.3) is 0 Å². The van der Waals surface area contributed by atoms with Crippen molar-refractivity contribution in [2.75, 3.05) is 32.0 Å². The molecule has 0 bridgehead atoms. The lowest BCUT2D eigenvalue weighted by Crippen LogP contribution is -2.45. The Hall–Kier alpha value is -0.360. The van der Waals surface area contributed by atoms with Crippen LogP contribution in [0.5, 0.6) is 0 Å². The molecule has 4 nitrogen and oxygen atoms in total. The highest BCUT2D eigenvalue weighted by molar-refractivity contribution is 7.15. The molecule has 0 unspecified atom stereocenters. The first-order valence-corrected chi connectivity index (χ1v) is 7.58. The van der Waals surface area contributed by atoms with Crippen LogP contribution in [0.1, 0.15) is 30.6 Å². The van der Waals surface area contributed by atoms with E-state index in [1.165, 1.54) is 43.6 Å². The lowest BCUT2D eigenvalue weighted by molar-refractivity contribution is -0.0289. The molecule has 1 spiro atoms. The Morgan fingerprint density at radius 1 is 1.37 bits per heavy atom. The molecule has 1 aromatic heterocycles. The third-order valence-electron chi connectivity index (χ3n) is 4.24. The van der Waals surface area contributed by atoms with E-state index in [1.807, 2.05) is 6.20 Å². The number of nitrogen functional groups attached to an aromatic ring is 1. The molecule has 2 aliphatic rings. The van der Waals surface area contributed by atoms with Crippen molar-refractivity contribution in [2.45, 2.75) is 32.2 Å². The van der Waals surface area contributed by atoms with Gasteiger partial charge in [-0.25, -0.2) is 4.98 Å². The largest absolute Gasteiger partial charge is 0.381 e. The monoisotopic (exact) mass is 303 g/mol. The molecule has 0 atom stereocenters. The van der Waals surface area contributed by atoms with Gasteiger partial charge in [-0.1, -0.05) is 0 Å². The summed E-state index contributed by atoms with van der Waals surface area (Å²) in [4.78, 5) is 8.00. The van der Waals surface area contributed by atoms with Gasteiger partial charge in [0.1, 0.15) is 0 Å². The normalized spacial score (nSPS) is 23.2. The van der Waals surface area contributed by atoms with E-state index < -0.39 is 0 Å². The maximum Gasteiger partial charge on any atom is 0.180 e. The number of halogens is 1. The van der Waals surface area contributed by atoms with Crippen molar-refractivity contribution in [3.8, 4) is 0 Å². The summed E-state index contributed by atoms with van der Waals surface area (Å²) in [6.45, 7) is 5.33. The van der Waals surface area contributed by atoms with Gasteiger partial charge in [0, 0.05) is 37.4 Å². The summed E-state index contributed by atoms with van der Waals surface area (Å²) in [6, 6.07) is 0. The van der Waals surface area contributed by atoms with Crippen LogP contribution < -0.4 is 5.73 Å². The summed E-state index contributed by atoms with van der Waals surface area (Å²) in [6.07, 6.45) is 7.07. The molecule has 19 heavy (non-hydrogen) atoms. The van der Waals surface area contributed by atoms with Crippen molar-refractivity contribution < 1.29 is 4.74 Å². The van der Waals surface area contributed by atoms with Gasteiger partial charge in [-0.15, -0.1) is 23.7 Å². The Morgan fingerprint density at radius 2 is 2.16 bits per heavy atom. The van der Waals surface area contributed by atoms with Crippen LogP contribution in [-0.2, 0) is 11.3 Å². The zero-order chi connectivity index (χ0) is 12.4. The Labute approximate surface area is 124 Å². The van der Waals surface area contributed by atoms with Crippen molar-refractivity contribution in [2.24, 2.45) is 5.41 Å². The van der Waals surface area contributed by atoms with E-state index in [9.17, 15) is 0 Å². The van der Waals surface area contributed by atoms with Crippen LogP contribution in [-0.4, -0.2) is 36.2 Å². The Morgan fingerprint density at radius 3 is 2.84 bits per heavy atom. The fourth-order valence-electron chi connectivity index (χ4n) is 3.27. The molecule has 2 fully saturated rings. The zero-order valence-corrected chi connectivity index (χ0v) is 12.8. The fraction of sp³-hybridized carbons (Fsp3) is 0.769. The first kappa shape index (κ1) is 15.0. The molecule has 3 heterocycles. The van der Waals surface area contributed by atoms with Crippen molar-refractivity contribution in [1.82, 2.24) is 9.88 Å². The minimum Gasteiger partial charge on any atom is -0.381 e. The number of thiazole rings is 1. The number of nitrogens with two attached hydrogens (primary N) is 1. The first-order chi connectivity index (χ1) is 8.76. The number of piperidine rings is 1. The number of aromatic nitrogens is 1. The molecule has 0 aromatic carbocycles. The molecule has 0 saturated carbocycles. The molecule has 1 aromatic rings. The van der Waals surface area contributed by atoms with E-state index in [1.54, 1.807) is 11.3 Å². The highest BCUT2D eigenvalue weighted by Crippen LogP contribution is 2.39. The summed E-state index contributed by atoms with van der Waals surface area (Å²) in [5, 5.41) is 0.683. The van der Waals surface area contributed by atoms with Gasteiger partial charge in [-0.2, -0.15) is 0 Å². The summed E-state index contributed by atoms with van der Waals surface area (Å²) < 4.78 is 5.51. The predicted molar refractivity (Wildman–Crippen MR) is 80.8 cm³/mol. The standard InChI is InChI=1S/C13H21N3OS.ClH/c14-12-15-8-11(18-12)9-16-5-1-2-13(10-16)3-6-17-7-4-13;/h8H,1-7,9-10H2,(H2,14,15);1H. The number of nitrogens with zero attached hydrogens (tertiary/aromatic N) is 2. The first-order valence-electron chi connectivity index (χ1n) is 6.76. The second kappa shape index (κ2) is 6.39. The minimum absolute atomic E-state index is 0. The Kier molecular flexibility index (Phi) is 5.06. The van der Waals surface area contributed by atoms with Crippen molar-refractivity contribution in [3.05, 3.63) is 11.1 Å². The van der Waals surface area contributed by atoms with Gasteiger partial charge < -0.3 is 10.5 Å². The zero-order valence-electron chi connectivity index (χ0n) is 11.1. The predicted octanol–water partition coefficient (Wildman–Crippen LogP) is 2.54. The van der Waals surface area contributed by atoms with E-state index in [4.69, 9.17) is 10.5 Å². The topological polar surface area (TPSA) is 51.4 Å². The van der Waals surface area contributed by atoms with Crippen LogP contribution in [0.15, 0.2) is 6.20 Å². The van der Waals surface area contributed by atoms with Crippen molar-refractivity contribution in [3.63, 3.8) is 0 Å². The van der Waals surface area contributed by atoms with Gasteiger partial charge >= 0.3 is 0 Å². The van der Waals surface area contributed by atoms with E-state index in [0.29, 0.717) is 10.5 Å². The molecule has 2 saturated heterocycles. The van der Waals surface area contributed by atoms with Crippen LogP contribution in [0.4, 0.5) is 5.13 Å². The number of hydrogen-bond acceptors (Lipinski definition) is 5. The van der Waals surface area contributed by atoms with E-state index >= 15 is 0 Å². The number of likely N-dealkylation sites (tertiary alicyclic amines) is 1. The summed E-state index contributed by atoms with van der Waals surface area (Å²) in [5.74, 6) is 0. The molecule has 0 radical (unpaired) electrons. The Bertz CT molecular complexity index is 401.